The summed E-state index contributed by atoms with van der Waals surface area (Å²) < 4.78 is 6.22. The highest BCUT2D eigenvalue weighted by molar-refractivity contribution is 6.07. The van der Waals surface area contributed by atoms with Gasteiger partial charge in [0.1, 0.15) is 11.4 Å². The molecule has 0 saturated heterocycles. The highest BCUT2D eigenvalue weighted by Gasteiger charge is 2.55. The molecule has 1 atom stereocenters. The van der Waals surface area contributed by atoms with Gasteiger partial charge in [0.05, 0.1) is 0 Å². The fourth-order valence-electron chi connectivity index (χ4n) is 4.05. The zero-order valence-electron chi connectivity index (χ0n) is 15.5. The summed E-state index contributed by atoms with van der Waals surface area (Å²) in [6, 6.07) is 14.2. The van der Waals surface area contributed by atoms with Crippen LogP contribution in [0, 0.1) is 6.92 Å². The minimum Gasteiger partial charge on any atom is -0.487 e. The highest BCUT2D eigenvalue weighted by atomic mass is 16.5. The molecule has 1 spiro atoms. The molecule has 2 aromatic rings. The maximum absolute atomic E-state index is 13.2. The van der Waals surface area contributed by atoms with Crippen LogP contribution in [-0.2, 0) is 10.3 Å². The number of benzene rings is 2. The number of amides is 1. The Hall–Kier alpha value is -2.82. The number of hydrogen-bond acceptors (Lipinski definition) is 4. The summed E-state index contributed by atoms with van der Waals surface area (Å²) >= 11 is 0. The molecule has 26 heavy (non-hydrogen) atoms. The molecule has 5 nitrogen and oxygen atoms in total. The normalized spacial score (nSPS) is 23.6. The summed E-state index contributed by atoms with van der Waals surface area (Å²) in [7, 11) is 1.67. The molecule has 0 aliphatic carbocycles. The Balaban J connectivity index is 1.98. The summed E-state index contributed by atoms with van der Waals surface area (Å²) in [6.07, 6.45) is 0.453. The standard InChI is InChI=1S/C21H23N3O2/c1-13-10-17-16(11-15(13)14-8-6-5-7-9-14)21(12-20(2,3)26-17)18(25)24(4)19(22)23-21/h5-11H,12H2,1-4H3,(H2,22,23). The van der Waals surface area contributed by atoms with Crippen LogP contribution >= 0.6 is 0 Å². The Morgan fingerprint density at radius 3 is 2.50 bits per heavy atom. The zero-order chi connectivity index (χ0) is 18.7. The Labute approximate surface area is 153 Å². The van der Waals surface area contributed by atoms with Crippen LogP contribution in [0.5, 0.6) is 5.75 Å². The maximum atomic E-state index is 13.2. The molecular weight excluding hydrogens is 326 g/mol. The Bertz CT molecular complexity index is 934. The first kappa shape index (κ1) is 16.6. The van der Waals surface area contributed by atoms with Crippen molar-refractivity contribution in [2.45, 2.75) is 38.3 Å². The quantitative estimate of drug-likeness (QED) is 0.859. The number of hydrogen-bond donors (Lipinski definition) is 1. The van der Waals surface area contributed by atoms with Gasteiger partial charge in [-0.1, -0.05) is 30.3 Å². The van der Waals surface area contributed by atoms with Crippen molar-refractivity contribution in [2.75, 3.05) is 7.05 Å². The second-order valence-electron chi connectivity index (χ2n) is 7.76. The van der Waals surface area contributed by atoms with Crippen LogP contribution in [0.3, 0.4) is 0 Å². The summed E-state index contributed by atoms with van der Waals surface area (Å²) in [6.45, 7) is 6.02. The SMILES string of the molecule is Cc1cc2c(cc1-c1ccccc1)C1(CC(C)(C)O2)N=C(N)N(C)C1=O. The van der Waals surface area contributed by atoms with E-state index in [1.807, 2.05) is 44.2 Å². The van der Waals surface area contributed by atoms with E-state index in [1.54, 1.807) is 7.05 Å². The summed E-state index contributed by atoms with van der Waals surface area (Å²) in [5, 5.41) is 0. The highest BCUT2D eigenvalue weighted by Crippen LogP contribution is 2.50. The molecule has 1 amide bonds. The van der Waals surface area contributed by atoms with E-state index < -0.39 is 11.1 Å². The molecule has 0 fully saturated rings. The monoisotopic (exact) mass is 349 g/mol. The van der Waals surface area contributed by atoms with E-state index in [0.717, 1.165) is 22.3 Å². The van der Waals surface area contributed by atoms with Crippen molar-refractivity contribution < 1.29 is 9.53 Å². The maximum Gasteiger partial charge on any atom is 0.261 e. The van der Waals surface area contributed by atoms with Crippen LogP contribution in [-0.4, -0.2) is 29.4 Å². The zero-order valence-corrected chi connectivity index (χ0v) is 15.5. The number of carbonyl (C=O) groups is 1. The fourth-order valence-corrected chi connectivity index (χ4v) is 4.05. The number of nitrogens with two attached hydrogens (primary N) is 1. The van der Waals surface area contributed by atoms with E-state index in [-0.39, 0.29) is 11.9 Å². The second-order valence-corrected chi connectivity index (χ2v) is 7.76. The number of ether oxygens (including phenoxy) is 1. The summed E-state index contributed by atoms with van der Waals surface area (Å²) in [5.74, 6) is 0.856. The number of rotatable bonds is 1. The van der Waals surface area contributed by atoms with Gasteiger partial charge in [-0.05, 0) is 49.6 Å². The molecule has 1 unspecified atom stereocenters. The first-order valence-corrected chi connectivity index (χ1v) is 8.77. The van der Waals surface area contributed by atoms with Crippen molar-refractivity contribution in [3.8, 4) is 16.9 Å². The van der Waals surface area contributed by atoms with E-state index in [4.69, 9.17) is 10.5 Å². The van der Waals surface area contributed by atoms with Gasteiger partial charge in [-0.15, -0.1) is 0 Å². The van der Waals surface area contributed by atoms with Gasteiger partial charge < -0.3 is 10.5 Å². The van der Waals surface area contributed by atoms with E-state index in [1.165, 1.54) is 4.90 Å². The van der Waals surface area contributed by atoms with E-state index in [0.29, 0.717) is 12.2 Å². The van der Waals surface area contributed by atoms with Crippen LogP contribution in [0.25, 0.3) is 11.1 Å². The van der Waals surface area contributed by atoms with Gasteiger partial charge in [0.15, 0.2) is 11.5 Å². The molecule has 4 rings (SSSR count). The third kappa shape index (κ3) is 2.30. The summed E-state index contributed by atoms with van der Waals surface area (Å²) in [5.41, 5.74) is 8.54. The average molecular weight is 349 g/mol. The lowest BCUT2D eigenvalue weighted by Crippen LogP contribution is -2.49. The van der Waals surface area contributed by atoms with Gasteiger partial charge in [-0.25, -0.2) is 4.99 Å². The minimum atomic E-state index is -1.02. The van der Waals surface area contributed by atoms with Crippen LogP contribution in [0.15, 0.2) is 47.5 Å². The van der Waals surface area contributed by atoms with Crippen molar-refractivity contribution in [1.29, 1.82) is 0 Å². The average Bonchev–Trinajstić information content (AvgIpc) is 2.78. The molecule has 0 saturated carbocycles. The molecule has 2 N–H and O–H groups in total. The van der Waals surface area contributed by atoms with E-state index in [2.05, 4.69) is 24.0 Å². The van der Waals surface area contributed by atoms with Crippen LogP contribution < -0.4 is 10.5 Å². The number of fused-ring (bicyclic) bond motifs is 2. The van der Waals surface area contributed by atoms with Crippen LogP contribution in [0.4, 0.5) is 0 Å². The molecule has 0 bridgehead atoms. The largest absolute Gasteiger partial charge is 0.487 e. The van der Waals surface area contributed by atoms with Crippen molar-refractivity contribution in [1.82, 2.24) is 4.90 Å². The smallest absolute Gasteiger partial charge is 0.261 e. The number of carbonyl (C=O) groups excluding carboxylic acids is 1. The van der Waals surface area contributed by atoms with Crippen molar-refractivity contribution in [2.24, 2.45) is 10.7 Å². The Kier molecular flexibility index (Phi) is 3.41. The Morgan fingerprint density at radius 1 is 1.19 bits per heavy atom. The van der Waals surface area contributed by atoms with Crippen molar-refractivity contribution >= 4 is 11.9 Å². The van der Waals surface area contributed by atoms with E-state index in [9.17, 15) is 4.79 Å². The number of nitrogens with zero attached hydrogens (tertiary/aromatic N) is 2. The number of guanidine groups is 1. The molecular formula is C21H23N3O2. The molecule has 2 aliphatic heterocycles. The lowest BCUT2D eigenvalue weighted by molar-refractivity contribution is -0.133. The van der Waals surface area contributed by atoms with Gasteiger partial charge in [-0.3, -0.25) is 9.69 Å². The molecule has 0 radical (unpaired) electrons. The summed E-state index contributed by atoms with van der Waals surface area (Å²) in [4.78, 5) is 19.2. The van der Waals surface area contributed by atoms with Gasteiger partial charge in [0, 0.05) is 19.0 Å². The fraction of sp³-hybridized carbons (Fsp3) is 0.333. The van der Waals surface area contributed by atoms with Crippen LogP contribution in [0.2, 0.25) is 0 Å². The molecule has 2 heterocycles. The predicted molar refractivity (Wildman–Crippen MR) is 102 cm³/mol. The lowest BCUT2D eigenvalue weighted by atomic mass is 9.76. The first-order valence-electron chi connectivity index (χ1n) is 8.77. The molecule has 5 heteroatoms. The number of aryl methyl sites for hydroxylation is 1. The topological polar surface area (TPSA) is 67.9 Å². The third-order valence-electron chi connectivity index (χ3n) is 5.23. The van der Waals surface area contributed by atoms with Crippen LogP contribution in [0.1, 0.15) is 31.4 Å². The van der Waals surface area contributed by atoms with Gasteiger partial charge in [-0.2, -0.15) is 0 Å². The van der Waals surface area contributed by atoms with Crippen molar-refractivity contribution in [3.63, 3.8) is 0 Å². The van der Waals surface area contributed by atoms with Crippen molar-refractivity contribution in [3.05, 3.63) is 53.6 Å². The van der Waals surface area contributed by atoms with Gasteiger partial charge in [0.25, 0.3) is 5.91 Å². The molecule has 2 aromatic carbocycles. The lowest BCUT2D eigenvalue weighted by Gasteiger charge is -2.41. The molecule has 0 aromatic heterocycles. The third-order valence-corrected chi connectivity index (χ3v) is 5.23. The van der Waals surface area contributed by atoms with Gasteiger partial charge in [0.2, 0.25) is 0 Å². The molecule has 134 valence electrons. The molecule has 2 aliphatic rings. The van der Waals surface area contributed by atoms with E-state index >= 15 is 0 Å². The minimum absolute atomic E-state index is 0.101. The first-order chi connectivity index (χ1) is 12.2. The number of aliphatic imine (C=N–C) groups is 1. The second kappa shape index (κ2) is 5.34. The Morgan fingerprint density at radius 2 is 1.88 bits per heavy atom. The number of likely N-dealkylation sites (N-methyl/N-ethyl adjacent to an activating group) is 1. The van der Waals surface area contributed by atoms with Gasteiger partial charge >= 0.3 is 0 Å². The predicted octanol–water partition coefficient (Wildman–Crippen LogP) is 3.21.